The molecular weight excluding hydrogens is 326 g/mol. The molecule has 0 bridgehead atoms. The Morgan fingerprint density at radius 2 is 2.23 bits per heavy atom. The summed E-state index contributed by atoms with van der Waals surface area (Å²) in [5.74, 6) is 2.27. The zero-order valence-corrected chi connectivity index (χ0v) is 15.8. The van der Waals surface area contributed by atoms with E-state index in [4.69, 9.17) is 0 Å². The summed E-state index contributed by atoms with van der Waals surface area (Å²) in [7, 11) is 2.01. The van der Waals surface area contributed by atoms with Crippen molar-refractivity contribution in [2.75, 3.05) is 26.2 Å². The minimum absolute atomic E-state index is 0.0453. The Kier molecular flexibility index (Phi) is 4.85. The van der Waals surface area contributed by atoms with Crippen LogP contribution in [0.25, 0.3) is 11.0 Å². The smallest absolute Gasteiger partial charge is 0.317 e. The van der Waals surface area contributed by atoms with Gasteiger partial charge < -0.3 is 20.1 Å². The number of urea groups is 1. The molecule has 6 nitrogen and oxygen atoms in total. The minimum atomic E-state index is 0.0453. The molecule has 0 saturated carbocycles. The van der Waals surface area contributed by atoms with Crippen molar-refractivity contribution in [3.63, 3.8) is 0 Å². The van der Waals surface area contributed by atoms with E-state index in [2.05, 4.69) is 45.3 Å². The van der Waals surface area contributed by atoms with Gasteiger partial charge in [-0.25, -0.2) is 9.78 Å². The Labute approximate surface area is 155 Å². The van der Waals surface area contributed by atoms with Crippen LogP contribution in [0, 0.1) is 18.8 Å². The molecular formula is C20H29N5O. The summed E-state index contributed by atoms with van der Waals surface area (Å²) >= 11 is 0. The van der Waals surface area contributed by atoms with Crippen molar-refractivity contribution in [2.45, 2.75) is 32.7 Å². The van der Waals surface area contributed by atoms with Crippen molar-refractivity contribution in [1.82, 2.24) is 25.1 Å². The third kappa shape index (κ3) is 3.43. The number of fused-ring (bicyclic) bond motifs is 1. The number of piperidine rings is 1. The van der Waals surface area contributed by atoms with Crippen LogP contribution in [-0.4, -0.2) is 46.7 Å². The number of aromatic nitrogens is 2. The molecule has 2 aromatic rings. The van der Waals surface area contributed by atoms with Gasteiger partial charge in [-0.05, 0) is 68.8 Å². The molecule has 2 atom stereocenters. The van der Waals surface area contributed by atoms with Crippen LogP contribution in [0.5, 0.6) is 0 Å². The van der Waals surface area contributed by atoms with Crippen molar-refractivity contribution < 1.29 is 4.79 Å². The van der Waals surface area contributed by atoms with Crippen LogP contribution in [0.15, 0.2) is 18.2 Å². The molecule has 1 aromatic heterocycles. The molecule has 2 saturated heterocycles. The molecule has 2 aliphatic rings. The van der Waals surface area contributed by atoms with Crippen LogP contribution in [0.4, 0.5) is 4.79 Å². The van der Waals surface area contributed by atoms with Gasteiger partial charge in [0.15, 0.2) is 0 Å². The number of rotatable bonds is 3. The Hall–Kier alpha value is -2.08. The molecule has 4 rings (SSSR count). The number of carbonyl (C=O) groups excluding carboxylic acids is 1. The summed E-state index contributed by atoms with van der Waals surface area (Å²) in [4.78, 5) is 19.4. The van der Waals surface area contributed by atoms with Gasteiger partial charge in [0, 0.05) is 20.1 Å². The molecule has 3 heterocycles. The molecule has 2 N–H and O–H groups in total. The number of nitrogens with zero attached hydrogens (tertiary/aromatic N) is 3. The summed E-state index contributed by atoms with van der Waals surface area (Å²) < 4.78 is 2.07. The van der Waals surface area contributed by atoms with Crippen molar-refractivity contribution >= 4 is 17.1 Å². The zero-order valence-electron chi connectivity index (χ0n) is 15.8. The number of amides is 2. The first-order chi connectivity index (χ1) is 12.6. The highest BCUT2D eigenvalue weighted by atomic mass is 16.2. The van der Waals surface area contributed by atoms with Crippen LogP contribution >= 0.6 is 0 Å². The maximum Gasteiger partial charge on any atom is 0.317 e. The van der Waals surface area contributed by atoms with Gasteiger partial charge in [0.05, 0.1) is 17.6 Å². The Morgan fingerprint density at radius 1 is 1.35 bits per heavy atom. The molecule has 1 aromatic carbocycles. The first kappa shape index (κ1) is 17.3. The van der Waals surface area contributed by atoms with Gasteiger partial charge in [-0.2, -0.15) is 0 Å². The van der Waals surface area contributed by atoms with Crippen LogP contribution in [0.1, 0.15) is 30.7 Å². The molecule has 140 valence electrons. The average Bonchev–Trinajstić information content (AvgIpc) is 3.28. The molecule has 2 aliphatic heterocycles. The summed E-state index contributed by atoms with van der Waals surface area (Å²) in [5, 5.41) is 6.54. The highest BCUT2D eigenvalue weighted by Gasteiger charge is 2.31. The molecule has 26 heavy (non-hydrogen) atoms. The maximum absolute atomic E-state index is 12.7. The average molecular weight is 355 g/mol. The summed E-state index contributed by atoms with van der Waals surface area (Å²) in [6, 6.07) is 6.32. The van der Waals surface area contributed by atoms with Crippen LogP contribution in [-0.2, 0) is 13.6 Å². The van der Waals surface area contributed by atoms with E-state index < -0.39 is 0 Å². The molecule has 0 aliphatic carbocycles. The van der Waals surface area contributed by atoms with Crippen LogP contribution < -0.4 is 10.6 Å². The monoisotopic (exact) mass is 355 g/mol. The fourth-order valence-electron chi connectivity index (χ4n) is 4.44. The number of aryl methyl sites for hydroxylation is 2. The van der Waals surface area contributed by atoms with Crippen molar-refractivity contribution in [2.24, 2.45) is 18.9 Å². The third-order valence-corrected chi connectivity index (χ3v) is 6.04. The number of likely N-dealkylation sites (tertiary alicyclic amines) is 1. The van der Waals surface area contributed by atoms with E-state index >= 15 is 0 Å². The van der Waals surface area contributed by atoms with Crippen molar-refractivity contribution in [3.05, 3.63) is 29.6 Å². The largest absolute Gasteiger partial charge is 0.331 e. The Morgan fingerprint density at radius 3 is 3.04 bits per heavy atom. The number of imidazole rings is 1. The summed E-state index contributed by atoms with van der Waals surface area (Å²) in [6.07, 6.45) is 3.61. The van der Waals surface area contributed by atoms with E-state index in [1.54, 1.807) is 0 Å². The highest BCUT2D eigenvalue weighted by Crippen LogP contribution is 2.28. The summed E-state index contributed by atoms with van der Waals surface area (Å²) in [5.41, 5.74) is 3.29. The molecule has 0 spiro atoms. The first-order valence-electron chi connectivity index (χ1n) is 9.77. The first-order valence-corrected chi connectivity index (χ1v) is 9.77. The van der Waals surface area contributed by atoms with Crippen LogP contribution in [0.2, 0.25) is 0 Å². The predicted molar refractivity (Wildman–Crippen MR) is 103 cm³/mol. The normalized spacial score (nSPS) is 23.5. The van der Waals surface area contributed by atoms with E-state index in [-0.39, 0.29) is 6.03 Å². The zero-order chi connectivity index (χ0) is 18.1. The standard InChI is InChI=1S/C20H29N5O/c1-14-5-6-18-17(10-14)23-19(24(18)2)12-22-20(26)25-9-3-4-16(13-25)15-7-8-21-11-15/h5-6,10,15-16,21H,3-4,7-9,11-13H2,1-2H3,(H,22,26). The van der Waals surface area contributed by atoms with Gasteiger partial charge in [0.25, 0.3) is 0 Å². The van der Waals surface area contributed by atoms with Gasteiger partial charge in [0.1, 0.15) is 5.82 Å². The SMILES string of the molecule is Cc1ccc2c(c1)nc(CNC(=O)N1CCCC(C3CCNC3)C1)n2C. The number of carbonyl (C=O) groups is 1. The fourth-order valence-corrected chi connectivity index (χ4v) is 4.44. The predicted octanol–water partition coefficient (Wildman–Crippen LogP) is 2.41. The topological polar surface area (TPSA) is 62.2 Å². The molecule has 0 radical (unpaired) electrons. The van der Waals surface area contributed by atoms with Gasteiger partial charge in [-0.3, -0.25) is 0 Å². The quantitative estimate of drug-likeness (QED) is 0.889. The number of hydrogen-bond acceptors (Lipinski definition) is 3. The Balaban J connectivity index is 1.38. The third-order valence-electron chi connectivity index (χ3n) is 6.04. The molecule has 2 unspecified atom stereocenters. The van der Waals surface area contributed by atoms with Crippen LogP contribution in [0.3, 0.4) is 0 Å². The van der Waals surface area contributed by atoms with Gasteiger partial charge in [0.2, 0.25) is 0 Å². The van der Waals surface area contributed by atoms with E-state index in [0.717, 1.165) is 55.4 Å². The molecule has 2 fully saturated rings. The lowest BCUT2D eigenvalue weighted by molar-refractivity contribution is 0.144. The molecule has 6 heteroatoms. The molecule has 2 amide bonds. The second-order valence-corrected chi connectivity index (χ2v) is 7.84. The van der Waals surface area contributed by atoms with E-state index in [0.29, 0.717) is 12.5 Å². The van der Waals surface area contributed by atoms with E-state index in [9.17, 15) is 4.79 Å². The van der Waals surface area contributed by atoms with E-state index in [1.165, 1.54) is 18.4 Å². The highest BCUT2D eigenvalue weighted by molar-refractivity contribution is 5.77. The van der Waals surface area contributed by atoms with E-state index in [1.807, 2.05) is 11.9 Å². The number of hydrogen-bond donors (Lipinski definition) is 2. The number of nitrogens with one attached hydrogen (secondary N) is 2. The maximum atomic E-state index is 12.7. The van der Waals surface area contributed by atoms with Gasteiger partial charge in [-0.1, -0.05) is 6.07 Å². The fraction of sp³-hybridized carbons (Fsp3) is 0.600. The van der Waals surface area contributed by atoms with Crippen molar-refractivity contribution in [1.29, 1.82) is 0 Å². The van der Waals surface area contributed by atoms with Crippen molar-refractivity contribution in [3.8, 4) is 0 Å². The van der Waals surface area contributed by atoms with Gasteiger partial charge >= 0.3 is 6.03 Å². The lowest BCUT2D eigenvalue weighted by Gasteiger charge is -2.35. The minimum Gasteiger partial charge on any atom is -0.331 e. The second-order valence-electron chi connectivity index (χ2n) is 7.84. The lowest BCUT2D eigenvalue weighted by Crippen LogP contribution is -2.47. The Bertz CT molecular complexity index is 793. The number of benzene rings is 1. The summed E-state index contributed by atoms with van der Waals surface area (Å²) in [6.45, 7) is 6.53. The second kappa shape index (κ2) is 7.27. The van der Waals surface area contributed by atoms with Gasteiger partial charge in [-0.15, -0.1) is 0 Å². The lowest BCUT2D eigenvalue weighted by atomic mass is 9.85.